The minimum absolute atomic E-state index is 0.0981. The van der Waals surface area contributed by atoms with Crippen LogP contribution in [-0.2, 0) is 0 Å². The van der Waals surface area contributed by atoms with Crippen LogP contribution in [0.4, 0.5) is 11.9 Å². The number of nitrogens with two attached hydrogens (primary N) is 1. The molecule has 2 saturated heterocycles. The van der Waals surface area contributed by atoms with Crippen LogP contribution >= 0.6 is 0 Å². The van der Waals surface area contributed by atoms with Gasteiger partial charge in [0.2, 0.25) is 23.5 Å². The number of carbonyl (C=O) groups is 1. The molecule has 4 aromatic heterocycles. The molecular formula is C23H27N9O4. The number of likely N-dealkylation sites (tertiary alicyclic amines) is 1. The monoisotopic (exact) mass is 493 g/mol. The van der Waals surface area contributed by atoms with Crippen molar-refractivity contribution in [2.24, 2.45) is 5.92 Å². The molecule has 6 rings (SSSR count). The van der Waals surface area contributed by atoms with Gasteiger partial charge in [-0.2, -0.15) is 19.5 Å². The fourth-order valence-corrected chi connectivity index (χ4v) is 5.20. The predicted octanol–water partition coefficient (Wildman–Crippen LogP) is 2.14. The first-order valence-electron chi connectivity index (χ1n) is 12.1. The summed E-state index contributed by atoms with van der Waals surface area (Å²) in [6, 6.07) is 5.12. The molecule has 188 valence electrons. The summed E-state index contributed by atoms with van der Waals surface area (Å²) in [5, 5.41) is 17.4. The number of fused-ring (bicyclic) bond motifs is 1. The van der Waals surface area contributed by atoms with Crippen molar-refractivity contribution in [3.05, 3.63) is 35.9 Å². The second-order valence-electron chi connectivity index (χ2n) is 9.46. The number of nitrogen functional groups attached to an aromatic ring is 1. The molecule has 1 atom stereocenters. The average Bonchev–Trinajstić information content (AvgIpc) is 3.65. The third kappa shape index (κ3) is 4.37. The number of hydrogen-bond donors (Lipinski definition) is 2. The van der Waals surface area contributed by atoms with Gasteiger partial charge in [0.05, 0.1) is 12.0 Å². The zero-order chi connectivity index (χ0) is 24.6. The first kappa shape index (κ1) is 22.5. The Morgan fingerprint density at radius 3 is 2.78 bits per heavy atom. The molecule has 0 aliphatic carbocycles. The van der Waals surface area contributed by atoms with Gasteiger partial charge in [0, 0.05) is 31.6 Å². The Morgan fingerprint density at radius 2 is 2.03 bits per heavy atom. The lowest BCUT2D eigenvalue weighted by Gasteiger charge is -2.38. The van der Waals surface area contributed by atoms with Gasteiger partial charge in [-0.25, -0.2) is 4.79 Å². The summed E-state index contributed by atoms with van der Waals surface area (Å²) in [7, 11) is 0. The molecule has 0 bridgehead atoms. The van der Waals surface area contributed by atoms with Crippen molar-refractivity contribution >= 4 is 23.6 Å². The first-order valence-corrected chi connectivity index (χ1v) is 12.1. The van der Waals surface area contributed by atoms with Crippen molar-refractivity contribution in [1.29, 1.82) is 0 Å². The third-order valence-electron chi connectivity index (χ3n) is 7.03. The van der Waals surface area contributed by atoms with Gasteiger partial charge in [-0.1, -0.05) is 5.16 Å². The molecule has 2 aliphatic rings. The molecular weight excluding hydrogens is 466 g/mol. The van der Waals surface area contributed by atoms with Gasteiger partial charge >= 0.3 is 5.97 Å². The molecule has 0 amide bonds. The number of anilines is 2. The molecule has 3 N–H and O–H groups in total. The van der Waals surface area contributed by atoms with Crippen LogP contribution in [0.2, 0.25) is 0 Å². The first-order chi connectivity index (χ1) is 17.5. The molecule has 13 heteroatoms. The fraction of sp³-hybridized carbons (Fsp3) is 0.478. The number of carboxylic acids is 1. The second kappa shape index (κ2) is 9.22. The van der Waals surface area contributed by atoms with Crippen LogP contribution in [-0.4, -0.2) is 78.4 Å². The third-order valence-corrected chi connectivity index (χ3v) is 7.03. The average molecular weight is 494 g/mol. The Kier molecular flexibility index (Phi) is 5.76. The summed E-state index contributed by atoms with van der Waals surface area (Å²) in [5.41, 5.74) is 6.93. The van der Waals surface area contributed by atoms with Crippen molar-refractivity contribution in [2.45, 2.75) is 31.6 Å². The predicted molar refractivity (Wildman–Crippen MR) is 128 cm³/mol. The number of carboxylic acid groups (broad SMARTS) is 1. The SMILES string of the molecule is Nc1nc(N2CCCC(CN3CCC(c4cc(C(=O)O)on4)CC3)C2)nc2nc(-c3ccco3)nn12. The minimum atomic E-state index is -1.08. The van der Waals surface area contributed by atoms with Crippen LogP contribution < -0.4 is 10.6 Å². The van der Waals surface area contributed by atoms with Gasteiger partial charge < -0.3 is 29.6 Å². The highest BCUT2D eigenvalue weighted by Gasteiger charge is 2.29. The highest BCUT2D eigenvalue weighted by molar-refractivity contribution is 5.84. The summed E-state index contributed by atoms with van der Waals surface area (Å²) in [4.78, 5) is 29.3. The molecule has 0 aromatic carbocycles. The molecule has 2 aliphatic heterocycles. The summed E-state index contributed by atoms with van der Waals surface area (Å²) in [6.45, 7) is 4.60. The molecule has 0 saturated carbocycles. The van der Waals surface area contributed by atoms with Gasteiger partial charge in [-0.15, -0.1) is 5.10 Å². The van der Waals surface area contributed by atoms with Crippen molar-refractivity contribution in [3.63, 3.8) is 0 Å². The highest BCUT2D eigenvalue weighted by atomic mass is 16.5. The Hall–Kier alpha value is -4.00. The molecule has 2 fully saturated rings. The van der Waals surface area contributed by atoms with E-state index < -0.39 is 5.97 Å². The molecule has 0 radical (unpaired) electrons. The zero-order valence-corrected chi connectivity index (χ0v) is 19.7. The number of aromatic nitrogens is 6. The highest BCUT2D eigenvalue weighted by Crippen LogP contribution is 2.30. The van der Waals surface area contributed by atoms with E-state index in [1.165, 1.54) is 4.52 Å². The van der Waals surface area contributed by atoms with Gasteiger partial charge in [0.25, 0.3) is 5.78 Å². The lowest BCUT2D eigenvalue weighted by Crippen LogP contribution is -2.43. The number of nitrogens with zero attached hydrogens (tertiary/aromatic N) is 8. The van der Waals surface area contributed by atoms with Crippen molar-refractivity contribution in [1.82, 2.24) is 34.6 Å². The number of aromatic carboxylic acids is 1. The van der Waals surface area contributed by atoms with Crippen molar-refractivity contribution in [2.75, 3.05) is 43.4 Å². The largest absolute Gasteiger partial charge is 0.475 e. The fourth-order valence-electron chi connectivity index (χ4n) is 5.20. The quantitative estimate of drug-likeness (QED) is 0.402. The lowest BCUT2D eigenvalue weighted by atomic mass is 9.91. The Balaban J connectivity index is 1.09. The zero-order valence-electron chi connectivity index (χ0n) is 19.7. The maximum atomic E-state index is 11.1. The van der Waals surface area contributed by atoms with E-state index in [4.69, 9.17) is 19.8 Å². The number of rotatable bonds is 6. The standard InChI is InChI=1S/C23H27N9O4/c24-21-26-22(27-23-25-19(28-32(21)23)17-4-2-10-35-17)31-7-1-3-14(13-31)12-30-8-5-15(6-9-30)16-11-18(20(33)34)36-29-16/h2,4,10-11,14-15H,1,3,5-9,12-13H2,(H,33,34)(H2,24,25,26,27,28). The van der Waals surface area contributed by atoms with Crippen LogP contribution in [0.25, 0.3) is 17.4 Å². The van der Waals surface area contributed by atoms with Gasteiger partial charge in [0.1, 0.15) is 0 Å². The molecule has 36 heavy (non-hydrogen) atoms. The van der Waals surface area contributed by atoms with Crippen LogP contribution in [0.5, 0.6) is 0 Å². The molecule has 4 aromatic rings. The molecule has 0 spiro atoms. The number of piperidine rings is 2. The topological polar surface area (TPSA) is 165 Å². The van der Waals surface area contributed by atoms with Crippen molar-refractivity contribution in [3.8, 4) is 11.6 Å². The van der Waals surface area contributed by atoms with Crippen molar-refractivity contribution < 1.29 is 18.8 Å². The van der Waals surface area contributed by atoms with E-state index in [0.29, 0.717) is 29.2 Å². The van der Waals surface area contributed by atoms with E-state index in [2.05, 4.69) is 35.0 Å². The van der Waals surface area contributed by atoms with Gasteiger partial charge in [-0.05, 0) is 56.8 Å². The Bertz CT molecular complexity index is 1360. The Labute approximate surface area is 205 Å². The van der Waals surface area contributed by atoms with Crippen LogP contribution in [0.15, 0.2) is 33.4 Å². The molecule has 1 unspecified atom stereocenters. The summed E-state index contributed by atoms with van der Waals surface area (Å²) in [5.74, 6) is 1.71. The maximum absolute atomic E-state index is 11.1. The normalized spacial score (nSPS) is 19.8. The lowest BCUT2D eigenvalue weighted by molar-refractivity contribution is 0.0651. The number of hydrogen-bond acceptors (Lipinski definition) is 11. The van der Waals surface area contributed by atoms with Crippen LogP contribution in [0.1, 0.15) is 47.8 Å². The van der Waals surface area contributed by atoms with E-state index in [0.717, 1.165) is 64.1 Å². The summed E-state index contributed by atoms with van der Waals surface area (Å²) in [6.07, 6.45) is 5.64. The Morgan fingerprint density at radius 1 is 1.17 bits per heavy atom. The van der Waals surface area contributed by atoms with E-state index in [9.17, 15) is 4.79 Å². The smallest absolute Gasteiger partial charge is 0.374 e. The summed E-state index contributed by atoms with van der Waals surface area (Å²) < 4.78 is 11.8. The van der Waals surface area contributed by atoms with E-state index in [1.54, 1.807) is 24.5 Å². The second-order valence-corrected chi connectivity index (χ2v) is 9.46. The van der Waals surface area contributed by atoms with Crippen LogP contribution in [0.3, 0.4) is 0 Å². The van der Waals surface area contributed by atoms with E-state index in [-0.39, 0.29) is 17.6 Å². The maximum Gasteiger partial charge on any atom is 0.374 e. The summed E-state index contributed by atoms with van der Waals surface area (Å²) >= 11 is 0. The van der Waals surface area contributed by atoms with Crippen LogP contribution in [0, 0.1) is 5.92 Å². The number of furan rings is 1. The van der Waals surface area contributed by atoms with E-state index in [1.807, 2.05) is 0 Å². The molecule has 13 nitrogen and oxygen atoms in total. The van der Waals surface area contributed by atoms with E-state index >= 15 is 0 Å². The van der Waals surface area contributed by atoms with Gasteiger partial charge in [0.15, 0.2) is 5.76 Å². The van der Waals surface area contributed by atoms with Gasteiger partial charge in [-0.3, -0.25) is 0 Å². The molecule has 6 heterocycles. The minimum Gasteiger partial charge on any atom is -0.475 e.